The van der Waals surface area contributed by atoms with E-state index in [2.05, 4.69) is 0 Å². The van der Waals surface area contributed by atoms with Crippen molar-refractivity contribution in [3.05, 3.63) is 65.5 Å². The molecule has 3 rings (SSSR count). The van der Waals surface area contributed by atoms with Gasteiger partial charge in [-0.05, 0) is 29.8 Å². The molecule has 0 amide bonds. The molecule has 0 atom stereocenters. The number of benzene rings is 2. The van der Waals surface area contributed by atoms with E-state index in [0.717, 1.165) is 16.8 Å². The summed E-state index contributed by atoms with van der Waals surface area (Å²) in [6.45, 7) is 0.681. The van der Waals surface area contributed by atoms with Gasteiger partial charge in [0.2, 0.25) is 0 Å². The second kappa shape index (κ2) is 4.90. The van der Waals surface area contributed by atoms with E-state index in [4.69, 9.17) is 5.41 Å². The summed E-state index contributed by atoms with van der Waals surface area (Å²) in [6.07, 6.45) is 0. The molecule has 2 nitrogen and oxygen atoms in total. The molecule has 0 radical (unpaired) electrons. The summed E-state index contributed by atoms with van der Waals surface area (Å²) >= 11 is 0. The maximum Gasteiger partial charge on any atom is 0.133 e. The van der Waals surface area contributed by atoms with Crippen LogP contribution >= 0.6 is 17.0 Å². The van der Waals surface area contributed by atoms with Crippen molar-refractivity contribution in [2.24, 2.45) is 0 Å². The van der Waals surface area contributed by atoms with Gasteiger partial charge < -0.3 is 4.90 Å². The molecule has 4 heteroatoms. The van der Waals surface area contributed by atoms with Crippen LogP contribution in [0, 0.1) is 11.2 Å². The fourth-order valence-corrected chi connectivity index (χ4v) is 2.13. The summed E-state index contributed by atoms with van der Waals surface area (Å²) in [6, 6.07) is 14.1. The number of anilines is 1. The first-order valence-electron chi connectivity index (χ1n) is 5.45. The molecule has 0 bridgehead atoms. The minimum atomic E-state index is -0.253. The van der Waals surface area contributed by atoms with E-state index in [1.54, 1.807) is 12.1 Å². The smallest absolute Gasteiger partial charge is 0.133 e. The molecule has 1 N–H and O–H groups in total. The standard InChI is InChI=1S/C14H11FN2.BrH/c15-11-5-7-12(8-6-11)17-9-10-3-1-2-4-13(10)14(17)16;/h1-8,16H,9H2;1H. The molecular formula is C14H12BrFN2. The Bertz CT molecular complexity index is 581. The van der Waals surface area contributed by atoms with Crippen LogP contribution in [0.4, 0.5) is 10.1 Å². The SMILES string of the molecule is Br.N=C1c2ccccc2CN1c1ccc(F)cc1. The lowest BCUT2D eigenvalue weighted by Crippen LogP contribution is -2.22. The fraction of sp³-hybridized carbons (Fsp3) is 0.0714. The molecule has 0 aromatic heterocycles. The molecule has 2 aromatic rings. The van der Waals surface area contributed by atoms with Gasteiger partial charge >= 0.3 is 0 Å². The highest BCUT2D eigenvalue weighted by molar-refractivity contribution is 8.93. The largest absolute Gasteiger partial charge is 0.322 e. The van der Waals surface area contributed by atoms with Gasteiger partial charge in [0.15, 0.2) is 0 Å². The summed E-state index contributed by atoms with van der Waals surface area (Å²) in [7, 11) is 0. The van der Waals surface area contributed by atoms with Crippen LogP contribution in [-0.4, -0.2) is 5.84 Å². The van der Waals surface area contributed by atoms with Crippen LogP contribution in [0.3, 0.4) is 0 Å². The van der Waals surface area contributed by atoms with Gasteiger partial charge in [0.05, 0.1) is 6.54 Å². The van der Waals surface area contributed by atoms with E-state index in [9.17, 15) is 4.39 Å². The van der Waals surface area contributed by atoms with Crippen molar-refractivity contribution in [2.45, 2.75) is 6.54 Å². The first-order chi connectivity index (χ1) is 8.25. The zero-order valence-electron chi connectivity index (χ0n) is 9.56. The van der Waals surface area contributed by atoms with Crippen LogP contribution in [0.15, 0.2) is 48.5 Å². The number of halogens is 2. The third kappa shape index (κ3) is 2.04. The molecule has 0 aliphatic carbocycles. The normalized spacial score (nSPS) is 13.2. The number of hydrogen-bond donors (Lipinski definition) is 1. The molecule has 1 aliphatic heterocycles. The average Bonchev–Trinajstić information content (AvgIpc) is 2.69. The number of rotatable bonds is 1. The number of nitrogens with one attached hydrogen (secondary N) is 1. The Morgan fingerprint density at radius 3 is 2.33 bits per heavy atom. The van der Waals surface area contributed by atoms with Gasteiger partial charge in [0.1, 0.15) is 11.7 Å². The van der Waals surface area contributed by atoms with Gasteiger partial charge in [0.25, 0.3) is 0 Å². The van der Waals surface area contributed by atoms with Gasteiger partial charge in [-0.2, -0.15) is 0 Å². The molecule has 92 valence electrons. The number of fused-ring (bicyclic) bond motifs is 1. The molecule has 1 heterocycles. The minimum Gasteiger partial charge on any atom is -0.322 e. The van der Waals surface area contributed by atoms with E-state index in [1.807, 2.05) is 29.2 Å². The number of hydrogen-bond acceptors (Lipinski definition) is 1. The average molecular weight is 307 g/mol. The first-order valence-corrected chi connectivity index (χ1v) is 5.45. The first kappa shape index (κ1) is 12.8. The van der Waals surface area contributed by atoms with Gasteiger partial charge in [-0.3, -0.25) is 5.41 Å². The molecular weight excluding hydrogens is 295 g/mol. The Kier molecular flexibility index (Phi) is 3.48. The highest BCUT2D eigenvalue weighted by Crippen LogP contribution is 2.27. The molecule has 0 spiro atoms. The van der Waals surface area contributed by atoms with Crippen LogP contribution in [0.25, 0.3) is 0 Å². The van der Waals surface area contributed by atoms with Crippen molar-refractivity contribution >= 4 is 28.5 Å². The molecule has 0 unspecified atom stereocenters. The summed E-state index contributed by atoms with van der Waals surface area (Å²) in [5.41, 5.74) is 2.95. The van der Waals surface area contributed by atoms with E-state index >= 15 is 0 Å². The Labute approximate surface area is 115 Å². The molecule has 0 fully saturated rings. The third-order valence-electron chi connectivity index (χ3n) is 3.01. The van der Waals surface area contributed by atoms with Gasteiger partial charge in [0, 0.05) is 11.3 Å². The lowest BCUT2D eigenvalue weighted by atomic mass is 10.1. The molecule has 0 saturated heterocycles. The van der Waals surface area contributed by atoms with Crippen molar-refractivity contribution in [2.75, 3.05) is 4.90 Å². The van der Waals surface area contributed by atoms with Gasteiger partial charge in [-0.25, -0.2) is 4.39 Å². The quantitative estimate of drug-likeness (QED) is 0.853. The van der Waals surface area contributed by atoms with E-state index < -0.39 is 0 Å². The zero-order valence-corrected chi connectivity index (χ0v) is 11.3. The molecule has 1 aliphatic rings. The Balaban J connectivity index is 0.00000120. The maximum absolute atomic E-state index is 12.9. The Morgan fingerprint density at radius 1 is 1.00 bits per heavy atom. The lowest BCUT2D eigenvalue weighted by Gasteiger charge is -2.17. The fourth-order valence-electron chi connectivity index (χ4n) is 2.13. The predicted octanol–water partition coefficient (Wildman–Crippen LogP) is 3.75. The van der Waals surface area contributed by atoms with E-state index in [0.29, 0.717) is 12.4 Å². The topological polar surface area (TPSA) is 27.1 Å². The summed E-state index contributed by atoms with van der Waals surface area (Å²) in [5.74, 6) is 0.226. The third-order valence-corrected chi connectivity index (χ3v) is 3.01. The second-order valence-electron chi connectivity index (χ2n) is 4.07. The molecule has 2 aromatic carbocycles. The van der Waals surface area contributed by atoms with Crippen LogP contribution < -0.4 is 4.90 Å². The van der Waals surface area contributed by atoms with Crippen LogP contribution in [0.1, 0.15) is 11.1 Å². The molecule has 0 saturated carbocycles. The van der Waals surface area contributed by atoms with Crippen LogP contribution in [-0.2, 0) is 6.54 Å². The highest BCUT2D eigenvalue weighted by Gasteiger charge is 2.24. The lowest BCUT2D eigenvalue weighted by molar-refractivity contribution is 0.628. The molecule has 18 heavy (non-hydrogen) atoms. The van der Waals surface area contributed by atoms with Gasteiger partial charge in [-0.1, -0.05) is 24.3 Å². The summed E-state index contributed by atoms with van der Waals surface area (Å²) < 4.78 is 12.9. The number of amidine groups is 1. The van der Waals surface area contributed by atoms with Crippen molar-refractivity contribution in [3.63, 3.8) is 0 Å². The summed E-state index contributed by atoms with van der Waals surface area (Å²) in [4.78, 5) is 1.88. The predicted molar refractivity (Wildman–Crippen MR) is 76.2 cm³/mol. The minimum absolute atomic E-state index is 0. The van der Waals surface area contributed by atoms with E-state index in [-0.39, 0.29) is 22.8 Å². The highest BCUT2D eigenvalue weighted by atomic mass is 79.9. The van der Waals surface area contributed by atoms with Crippen molar-refractivity contribution in [1.82, 2.24) is 0 Å². The monoisotopic (exact) mass is 306 g/mol. The van der Waals surface area contributed by atoms with E-state index in [1.165, 1.54) is 12.1 Å². The second-order valence-corrected chi connectivity index (χ2v) is 4.07. The summed E-state index contributed by atoms with van der Waals surface area (Å²) in [5, 5.41) is 8.11. The van der Waals surface area contributed by atoms with Gasteiger partial charge in [-0.15, -0.1) is 17.0 Å². The van der Waals surface area contributed by atoms with Crippen molar-refractivity contribution in [3.8, 4) is 0 Å². The van der Waals surface area contributed by atoms with Crippen molar-refractivity contribution < 1.29 is 4.39 Å². The Morgan fingerprint density at radius 2 is 1.67 bits per heavy atom. The van der Waals surface area contributed by atoms with Crippen molar-refractivity contribution in [1.29, 1.82) is 5.41 Å². The zero-order chi connectivity index (χ0) is 11.8. The van der Waals surface area contributed by atoms with Crippen LogP contribution in [0.2, 0.25) is 0 Å². The maximum atomic E-state index is 12.9. The number of nitrogens with zero attached hydrogens (tertiary/aromatic N) is 1. The van der Waals surface area contributed by atoms with Crippen LogP contribution in [0.5, 0.6) is 0 Å². The Hall–Kier alpha value is -1.68.